The SMILES string of the molecule is CC(C)(CNC(=O)c1cccc(OCC(=O)O)c1)N1CCc2ccccc2C1. The lowest BCUT2D eigenvalue weighted by Crippen LogP contribution is -2.53. The van der Waals surface area contributed by atoms with E-state index in [4.69, 9.17) is 9.84 Å². The third-order valence-corrected chi connectivity index (χ3v) is 5.13. The van der Waals surface area contributed by atoms with Gasteiger partial charge in [0.25, 0.3) is 5.91 Å². The Bertz CT molecular complexity index is 863. The number of nitrogens with one attached hydrogen (secondary N) is 1. The number of carboxylic acids is 1. The second kappa shape index (κ2) is 8.44. The van der Waals surface area contributed by atoms with Gasteiger partial charge in [-0.1, -0.05) is 30.3 Å². The van der Waals surface area contributed by atoms with Crippen molar-refractivity contribution in [2.24, 2.45) is 0 Å². The van der Waals surface area contributed by atoms with Crippen molar-refractivity contribution in [3.05, 3.63) is 65.2 Å². The Morgan fingerprint density at radius 2 is 1.89 bits per heavy atom. The first-order valence-electron chi connectivity index (χ1n) is 9.40. The Labute approximate surface area is 165 Å². The number of carbonyl (C=O) groups is 2. The van der Waals surface area contributed by atoms with Crippen LogP contribution >= 0.6 is 0 Å². The van der Waals surface area contributed by atoms with Crippen molar-refractivity contribution in [1.29, 1.82) is 0 Å². The van der Waals surface area contributed by atoms with Gasteiger partial charge in [-0.2, -0.15) is 0 Å². The normalized spacial score (nSPS) is 14.2. The predicted octanol–water partition coefficient (Wildman–Crippen LogP) is 2.72. The molecule has 6 nitrogen and oxygen atoms in total. The van der Waals surface area contributed by atoms with Crippen molar-refractivity contribution in [1.82, 2.24) is 10.2 Å². The van der Waals surface area contributed by atoms with Gasteiger partial charge in [0, 0.05) is 30.7 Å². The Hall–Kier alpha value is -2.86. The fourth-order valence-electron chi connectivity index (χ4n) is 3.40. The van der Waals surface area contributed by atoms with Crippen molar-refractivity contribution in [2.75, 3.05) is 19.7 Å². The number of carboxylic acid groups (broad SMARTS) is 1. The van der Waals surface area contributed by atoms with E-state index in [0.29, 0.717) is 17.9 Å². The lowest BCUT2D eigenvalue weighted by molar-refractivity contribution is -0.139. The molecule has 28 heavy (non-hydrogen) atoms. The highest BCUT2D eigenvalue weighted by molar-refractivity contribution is 5.94. The summed E-state index contributed by atoms with van der Waals surface area (Å²) in [6, 6.07) is 15.0. The summed E-state index contributed by atoms with van der Waals surface area (Å²) in [5.41, 5.74) is 3.00. The predicted molar refractivity (Wildman–Crippen MR) is 107 cm³/mol. The minimum atomic E-state index is -1.06. The lowest BCUT2D eigenvalue weighted by Gasteiger charge is -2.41. The van der Waals surface area contributed by atoms with Gasteiger partial charge in [-0.3, -0.25) is 9.69 Å². The van der Waals surface area contributed by atoms with Gasteiger partial charge >= 0.3 is 5.97 Å². The maximum Gasteiger partial charge on any atom is 0.341 e. The van der Waals surface area contributed by atoms with E-state index in [2.05, 4.69) is 48.3 Å². The highest BCUT2D eigenvalue weighted by Gasteiger charge is 2.30. The summed E-state index contributed by atoms with van der Waals surface area (Å²) in [5.74, 6) is -0.895. The first-order chi connectivity index (χ1) is 13.3. The van der Waals surface area contributed by atoms with Gasteiger partial charge in [-0.15, -0.1) is 0 Å². The molecule has 6 heteroatoms. The number of benzene rings is 2. The van der Waals surface area contributed by atoms with E-state index in [1.807, 2.05) is 0 Å². The third kappa shape index (κ3) is 4.89. The molecule has 0 bridgehead atoms. The van der Waals surface area contributed by atoms with Gasteiger partial charge in [0.05, 0.1) is 0 Å². The van der Waals surface area contributed by atoms with E-state index in [0.717, 1.165) is 19.5 Å². The van der Waals surface area contributed by atoms with Gasteiger partial charge in [-0.25, -0.2) is 4.79 Å². The molecule has 1 amide bonds. The first-order valence-corrected chi connectivity index (χ1v) is 9.40. The summed E-state index contributed by atoms with van der Waals surface area (Å²) in [4.78, 5) is 25.6. The summed E-state index contributed by atoms with van der Waals surface area (Å²) in [6.07, 6.45) is 1.01. The highest BCUT2D eigenvalue weighted by Crippen LogP contribution is 2.25. The molecular weight excluding hydrogens is 356 g/mol. The van der Waals surface area contributed by atoms with Crippen LogP contribution in [0.1, 0.15) is 35.3 Å². The van der Waals surface area contributed by atoms with Crippen molar-refractivity contribution in [3.8, 4) is 5.75 Å². The summed E-state index contributed by atoms with van der Waals surface area (Å²) in [7, 11) is 0. The molecule has 1 heterocycles. The zero-order valence-electron chi connectivity index (χ0n) is 16.3. The maximum atomic E-state index is 12.6. The van der Waals surface area contributed by atoms with Gasteiger partial charge in [0.15, 0.2) is 6.61 Å². The number of hydrogen-bond acceptors (Lipinski definition) is 4. The second-order valence-corrected chi connectivity index (χ2v) is 7.65. The van der Waals surface area contributed by atoms with E-state index < -0.39 is 12.6 Å². The smallest absolute Gasteiger partial charge is 0.341 e. The molecule has 0 atom stereocenters. The lowest BCUT2D eigenvalue weighted by atomic mass is 9.94. The molecule has 2 aromatic rings. The van der Waals surface area contributed by atoms with Gasteiger partial charge in [0.2, 0.25) is 0 Å². The zero-order valence-corrected chi connectivity index (χ0v) is 16.3. The number of fused-ring (bicyclic) bond motifs is 1. The van der Waals surface area contributed by atoms with Crippen molar-refractivity contribution in [2.45, 2.75) is 32.4 Å². The molecule has 2 aromatic carbocycles. The van der Waals surface area contributed by atoms with Gasteiger partial charge in [-0.05, 0) is 49.6 Å². The number of ether oxygens (including phenoxy) is 1. The van der Waals surface area contributed by atoms with E-state index in [1.54, 1.807) is 24.3 Å². The molecule has 0 spiro atoms. The molecule has 2 N–H and O–H groups in total. The topological polar surface area (TPSA) is 78.9 Å². The van der Waals surface area contributed by atoms with Crippen LogP contribution in [0.25, 0.3) is 0 Å². The Morgan fingerprint density at radius 3 is 2.64 bits per heavy atom. The van der Waals surface area contributed by atoms with Crippen LogP contribution in [0, 0.1) is 0 Å². The molecule has 1 aliphatic rings. The summed E-state index contributed by atoms with van der Waals surface area (Å²) in [6.45, 7) is 6.17. The van der Waals surface area contributed by atoms with E-state index in [9.17, 15) is 9.59 Å². The van der Waals surface area contributed by atoms with Crippen LogP contribution < -0.4 is 10.1 Å². The minimum Gasteiger partial charge on any atom is -0.482 e. The molecule has 0 aromatic heterocycles. The van der Waals surface area contributed by atoms with Crippen LogP contribution in [0.3, 0.4) is 0 Å². The highest BCUT2D eigenvalue weighted by atomic mass is 16.5. The minimum absolute atomic E-state index is 0.194. The average Bonchev–Trinajstić information content (AvgIpc) is 2.70. The molecule has 148 valence electrons. The van der Waals surface area contributed by atoms with E-state index >= 15 is 0 Å². The van der Waals surface area contributed by atoms with Crippen molar-refractivity contribution in [3.63, 3.8) is 0 Å². The van der Waals surface area contributed by atoms with Crippen molar-refractivity contribution >= 4 is 11.9 Å². The number of rotatable bonds is 7. The van der Waals surface area contributed by atoms with Crippen LogP contribution in [0.5, 0.6) is 5.75 Å². The van der Waals surface area contributed by atoms with E-state index in [-0.39, 0.29) is 11.4 Å². The van der Waals surface area contributed by atoms with Crippen LogP contribution in [0.15, 0.2) is 48.5 Å². The quantitative estimate of drug-likeness (QED) is 0.770. The van der Waals surface area contributed by atoms with Crippen LogP contribution in [0.4, 0.5) is 0 Å². The third-order valence-electron chi connectivity index (χ3n) is 5.13. The summed E-state index contributed by atoms with van der Waals surface area (Å²) in [5, 5.41) is 11.7. The average molecular weight is 382 g/mol. The fraction of sp³-hybridized carbons (Fsp3) is 0.364. The zero-order chi connectivity index (χ0) is 20.1. The van der Waals surface area contributed by atoms with Crippen LogP contribution in [-0.4, -0.2) is 47.1 Å². The molecule has 3 rings (SSSR count). The van der Waals surface area contributed by atoms with Gasteiger partial charge in [0.1, 0.15) is 5.75 Å². The number of carbonyl (C=O) groups excluding carboxylic acids is 1. The van der Waals surface area contributed by atoms with E-state index in [1.165, 1.54) is 11.1 Å². The fourth-order valence-corrected chi connectivity index (χ4v) is 3.40. The monoisotopic (exact) mass is 382 g/mol. The molecule has 1 aliphatic heterocycles. The molecular formula is C22H26N2O4. The number of hydrogen-bond donors (Lipinski definition) is 2. The second-order valence-electron chi connectivity index (χ2n) is 7.65. The Balaban J connectivity index is 1.59. The molecule has 0 saturated carbocycles. The largest absolute Gasteiger partial charge is 0.482 e. The molecule has 0 aliphatic carbocycles. The number of nitrogens with zero attached hydrogens (tertiary/aromatic N) is 1. The molecule has 0 fully saturated rings. The number of amides is 1. The molecule has 0 saturated heterocycles. The van der Waals surface area contributed by atoms with Crippen LogP contribution in [0.2, 0.25) is 0 Å². The molecule has 0 unspecified atom stereocenters. The van der Waals surface area contributed by atoms with Gasteiger partial charge < -0.3 is 15.2 Å². The first kappa shape index (κ1) is 19.9. The Morgan fingerprint density at radius 1 is 1.14 bits per heavy atom. The maximum absolute atomic E-state index is 12.6. The summed E-state index contributed by atoms with van der Waals surface area (Å²) >= 11 is 0. The van der Waals surface area contributed by atoms with Crippen molar-refractivity contribution < 1.29 is 19.4 Å². The standard InChI is InChI=1S/C22H26N2O4/c1-22(2,24-11-10-16-6-3-4-7-18(16)13-24)15-23-21(27)17-8-5-9-19(12-17)28-14-20(25)26/h3-9,12H,10-11,13-15H2,1-2H3,(H,23,27)(H,25,26). The molecule has 0 radical (unpaired) electrons. The Kier molecular flexibility index (Phi) is 5.99. The summed E-state index contributed by atoms with van der Waals surface area (Å²) < 4.78 is 5.14. The van der Waals surface area contributed by atoms with Crippen LogP contribution in [-0.2, 0) is 17.8 Å². The number of aliphatic carboxylic acids is 1.